The molecular formula is C26H29F3N2O3S2. The standard InChI is InChI=1S/C26H29F3N2O3S2/c1-3-4-5-12-30-14-21-23(16-35-20-10-11-22(17(2)13-20)34-15-24(32)33)36-25(31-21)18-6-8-19(9-7-18)26(27,28)29/h6-11,13,30H,3-5,12,14-16H2,1-2H3,(H,32,33). The molecule has 36 heavy (non-hydrogen) atoms. The van der Waals surface area contributed by atoms with Crippen LogP contribution in [-0.2, 0) is 23.3 Å². The number of aliphatic carboxylic acids is 1. The van der Waals surface area contributed by atoms with E-state index in [1.807, 2.05) is 19.1 Å². The van der Waals surface area contributed by atoms with Crippen LogP contribution in [-0.4, -0.2) is 29.2 Å². The van der Waals surface area contributed by atoms with Crippen LogP contribution in [0.25, 0.3) is 10.6 Å². The molecule has 0 aliphatic carbocycles. The van der Waals surface area contributed by atoms with Crippen molar-refractivity contribution < 1.29 is 27.8 Å². The zero-order valence-corrected chi connectivity index (χ0v) is 21.8. The maximum atomic E-state index is 13.0. The number of nitrogens with zero attached hydrogens (tertiary/aromatic N) is 1. The number of thiazole rings is 1. The SMILES string of the molecule is CCCCCNCc1nc(-c2ccc(C(F)(F)F)cc2)sc1CSc1ccc(OCC(=O)O)c(C)c1. The molecule has 0 radical (unpaired) electrons. The van der Waals surface area contributed by atoms with Crippen molar-refractivity contribution >= 4 is 29.1 Å². The zero-order valence-electron chi connectivity index (χ0n) is 20.2. The highest BCUT2D eigenvalue weighted by molar-refractivity contribution is 7.98. The third kappa shape index (κ3) is 8.25. The van der Waals surface area contributed by atoms with E-state index < -0.39 is 24.3 Å². The topological polar surface area (TPSA) is 71.5 Å². The van der Waals surface area contributed by atoms with Crippen molar-refractivity contribution in [1.82, 2.24) is 10.3 Å². The van der Waals surface area contributed by atoms with Crippen LogP contribution in [0.2, 0.25) is 0 Å². The minimum Gasteiger partial charge on any atom is -0.482 e. The van der Waals surface area contributed by atoms with Crippen molar-refractivity contribution in [2.75, 3.05) is 13.2 Å². The van der Waals surface area contributed by atoms with Crippen molar-refractivity contribution in [3.05, 3.63) is 64.2 Å². The smallest absolute Gasteiger partial charge is 0.416 e. The van der Waals surface area contributed by atoms with Crippen LogP contribution >= 0.6 is 23.1 Å². The summed E-state index contributed by atoms with van der Waals surface area (Å²) < 4.78 is 44.2. The van der Waals surface area contributed by atoms with Gasteiger partial charge in [-0.1, -0.05) is 31.9 Å². The van der Waals surface area contributed by atoms with E-state index in [-0.39, 0.29) is 0 Å². The minimum absolute atomic E-state index is 0.393. The molecule has 0 aliphatic rings. The first-order valence-corrected chi connectivity index (χ1v) is 13.4. The van der Waals surface area contributed by atoms with Crippen LogP contribution < -0.4 is 10.1 Å². The number of hydrogen-bond acceptors (Lipinski definition) is 6. The van der Waals surface area contributed by atoms with Gasteiger partial charge in [0.1, 0.15) is 10.8 Å². The van der Waals surface area contributed by atoms with Gasteiger partial charge in [-0.3, -0.25) is 0 Å². The van der Waals surface area contributed by atoms with Gasteiger partial charge in [-0.15, -0.1) is 23.1 Å². The lowest BCUT2D eigenvalue weighted by Gasteiger charge is -2.09. The molecule has 2 aromatic carbocycles. The molecule has 0 unspecified atom stereocenters. The first-order chi connectivity index (χ1) is 17.2. The summed E-state index contributed by atoms with van der Waals surface area (Å²) in [6, 6.07) is 10.7. The summed E-state index contributed by atoms with van der Waals surface area (Å²) in [6.45, 7) is 5.10. The van der Waals surface area contributed by atoms with Crippen molar-refractivity contribution in [2.45, 2.75) is 56.5 Å². The predicted molar refractivity (Wildman–Crippen MR) is 138 cm³/mol. The van der Waals surface area contributed by atoms with Gasteiger partial charge in [0.15, 0.2) is 6.61 Å². The lowest BCUT2D eigenvalue weighted by atomic mass is 10.1. The molecule has 194 valence electrons. The summed E-state index contributed by atoms with van der Waals surface area (Å²) in [5, 5.41) is 12.9. The molecular weight excluding hydrogens is 509 g/mol. The number of aromatic nitrogens is 1. The molecule has 0 saturated carbocycles. The largest absolute Gasteiger partial charge is 0.482 e. The average Bonchev–Trinajstić information content (AvgIpc) is 3.24. The number of hydrogen-bond donors (Lipinski definition) is 2. The molecule has 10 heteroatoms. The number of nitrogens with one attached hydrogen (secondary N) is 1. The molecule has 3 aromatic rings. The van der Waals surface area contributed by atoms with Crippen LogP contribution in [0.15, 0.2) is 47.4 Å². The molecule has 1 aromatic heterocycles. The maximum absolute atomic E-state index is 13.0. The quantitative estimate of drug-likeness (QED) is 0.178. The number of carboxylic acids is 1. The van der Waals surface area contributed by atoms with Crippen LogP contribution in [0.1, 0.15) is 47.9 Å². The van der Waals surface area contributed by atoms with Gasteiger partial charge in [-0.25, -0.2) is 9.78 Å². The third-order valence-corrected chi connectivity index (χ3v) is 7.70. The second kappa shape index (κ2) is 13.1. The molecule has 0 aliphatic heterocycles. The van der Waals surface area contributed by atoms with Gasteiger partial charge in [0, 0.05) is 27.6 Å². The van der Waals surface area contributed by atoms with Gasteiger partial charge >= 0.3 is 12.1 Å². The Hall–Kier alpha value is -2.56. The summed E-state index contributed by atoms with van der Waals surface area (Å²) in [6.07, 6.45) is -1.01. The zero-order chi connectivity index (χ0) is 26.1. The highest BCUT2D eigenvalue weighted by Gasteiger charge is 2.30. The van der Waals surface area contributed by atoms with Crippen LogP contribution in [0.4, 0.5) is 13.2 Å². The van der Waals surface area contributed by atoms with Crippen LogP contribution in [0, 0.1) is 6.92 Å². The Morgan fingerprint density at radius 3 is 2.56 bits per heavy atom. The number of rotatable bonds is 13. The lowest BCUT2D eigenvalue weighted by molar-refractivity contribution is -0.139. The second-order valence-electron chi connectivity index (χ2n) is 8.25. The number of halogens is 3. The Bertz CT molecular complexity index is 1150. The summed E-state index contributed by atoms with van der Waals surface area (Å²) in [5.41, 5.74) is 1.72. The van der Waals surface area contributed by atoms with Gasteiger partial charge in [0.2, 0.25) is 0 Å². The molecule has 2 N–H and O–H groups in total. The fourth-order valence-electron chi connectivity index (χ4n) is 3.43. The molecule has 0 saturated heterocycles. The van der Waals surface area contributed by atoms with Crippen molar-refractivity contribution in [1.29, 1.82) is 0 Å². The number of alkyl halides is 3. The van der Waals surface area contributed by atoms with Crippen LogP contribution in [0.5, 0.6) is 5.75 Å². The first-order valence-electron chi connectivity index (χ1n) is 11.6. The molecule has 0 amide bonds. The first kappa shape index (κ1) is 28.0. The van der Waals surface area contributed by atoms with E-state index >= 15 is 0 Å². The van der Waals surface area contributed by atoms with E-state index in [4.69, 9.17) is 14.8 Å². The molecule has 0 bridgehead atoms. The molecule has 0 fully saturated rings. The minimum atomic E-state index is -4.37. The summed E-state index contributed by atoms with van der Waals surface area (Å²) in [4.78, 5) is 17.6. The number of unbranched alkanes of at least 4 members (excludes halogenated alkanes) is 2. The Kier molecular flexibility index (Phi) is 10.2. The number of ether oxygens (including phenoxy) is 1. The summed E-state index contributed by atoms with van der Waals surface area (Å²) in [7, 11) is 0. The van der Waals surface area contributed by atoms with Crippen molar-refractivity contribution in [3.63, 3.8) is 0 Å². The Balaban J connectivity index is 1.75. The fourth-order valence-corrected chi connectivity index (χ4v) is 5.61. The van der Waals surface area contributed by atoms with Crippen molar-refractivity contribution in [3.8, 4) is 16.3 Å². The number of benzene rings is 2. The molecule has 5 nitrogen and oxygen atoms in total. The normalized spacial score (nSPS) is 11.6. The Morgan fingerprint density at radius 2 is 1.92 bits per heavy atom. The van der Waals surface area contributed by atoms with E-state index in [1.54, 1.807) is 17.8 Å². The van der Waals surface area contributed by atoms with E-state index in [2.05, 4.69) is 12.2 Å². The molecule has 3 rings (SSSR count). The lowest BCUT2D eigenvalue weighted by Crippen LogP contribution is -2.15. The second-order valence-corrected chi connectivity index (χ2v) is 10.4. The van der Waals surface area contributed by atoms with Gasteiger partial charge in [-0.05, 0) is 55.8 Å². The maximum Gasteiger partial charge on any atom is 0.416 e. The van der Waals surface area contributed by atoms with E-state index in [9.17, 15) is 18.0 Å². The Morgan fingerprint density at radius 1 is 1.17 bits per heavy atom. The van der Waals surface area contributed by atoms with E-state index in [0.29, 0.717) is 28.6 Å². The number of carboxylic acid groups (broad SMARTS) is 1. The number of carbonyl (C=O) groups is 1. The number of thioether (sulfide) groups is 1. The molecule has 1 heterocycles. The highest BCUT2D eigenvalue weighted by Crippen LogP contribution is 2.36. The fraction of sp³-hybridized carbons (Fsp3) is 0.385. The summed E-state index contributed by atoms with van der Waals surface area (Å²) >= 11 is 3.11. The molecule has 0 atom stereocenters. The van der Waals surface area contributed by atoms with E-state index in [1.165, 1.54) is 23.5 Å². The molecule has 0 spiro atoms. The third-order valence-electron chi connectivity index (χ3n) is 5.35. The predicted octanol–water partition coefficient (Wildman–Crippen LogP) is 7.17. The average molecular weight is 539 g/mol. The van der Waals surface area contributed by atoms with E-state index in [0.717, 1.165) is 59.0 Å². The number of aryl methyl sites for hydroxylation is 1. The van der Waals surface area contributed by atoms with Gasteiger partial charge < -0.3 is 15.2 Å². The summed E-state index contributed by atoms with van der Waals surface area (Å²) in [5.74, 6) is 0.151. The van der Waals surface area contributed by atoms with Crippen LogP contribution in [0.3, 0.4) is 0 Å². The van der Waals surface area contributed by atoms with Gasteiger partial charge in [-0.2, -0.15) is 13.2 Å². The van der Waals surface area contributed by atoms with Crippen molar-refractivity contribution in [2.24, 2.45) is 0 Å². The van der Waals surface area contributed by atoms with Gasteiger partial charge in [0.25, 0.3) is 0 Å². The highest BCUT2D eigenvalue weighted by atomic mass is 32.2. The van der Waals surface area contributed by atoms with Gasteiger partial charge in [0.05, 0.1) is 11.3 Å². The monoisotopic (exact) mass is 538 g/mol. The Labute approximate surface area is 217 Å².